The van der Waals surface area contributed by atoms with Crippen LogP contribution < -0.4 is 10.6 Å². The molecule has 0 heterocycles. The van der Waals surface area contributed by atoms with Gasteiger partial charge in [-0.1, -0.05) is 13.8 Å². The van der Waals surface area contributed by atoms with Crippen molar-refractivity contribution in [2.45, 2.75) is 26.8 Å². The van der Waals surface area contributed by atoms with E-state index in [-0.39, 0.29) is 5.84 Å². The highest BCUT2D eigenvalue weighted by Crippen LogP contribution is 2.25. The Bertz CT molecular complexity index is 415. The first-order valence-electron chi connectivity index (χ1n) is 5.71. The second-order valence-corrected chi connectivity index (χ2v) is 5.53. The lowest BCUT2D eigenvalue weighted by Crippen LogP contribution is -2.33. The highest BCUT2D eigenvalue weighted by Gasteiger charge is 2.14. The highest BCUT2D eigenvalue weighted by molar-refractivity contribution is 9.10. The molecule has 1 aromatic rings. The van der Waals surface area contributed by atoms with Gasteiger partial charge in [0.1, 0.15) is 5.84 Å². The summed E-state index contributed by atoms with van der Waals surface area (Å²) in [6, 6.07) is 6.35. The fraction of sp³-hybridized carbons (Fsp3) is 0.462. The Morgan fingerprint density at radius 3 is 2.35 bits per heavy atom. The van der Waals surface area contributed by atoms with Crippen molar-refractivity contribution in [3.05, 3.63) is 28.2 Å². The Morgan fingerprint density at radius 1 is 1.35 bits per heavy atom. The Kier molecular flexibility index (Phi) is 4.57. The van der Waals surface area contributed by atoms with Gasteiger partial charge in [-0.2, -0.15) is 0 Å². The molecule has 0 aromatic heterocycles. The van der Waals surface area contributed by atoms with Gasteiger partial charge in [0.25, 0.3) is 0 Å². The lowest BCUT2D eigenvalue weighted by Gasteiger charge is -2.30. The summed E-state index contributed by atoms with van der Waals surface area (Å²) < 4.78 is 0.866. The molecule has 0 aliphatic carbocycles. The van der Waals surface area contributed by atoms with Gasteiger partial charge in [-0.25, -0.2) is 0 Å². The van der Waals surface area contributed by atoms with E-state index in [1.165, 1.54) is 0 Å². The van der Waals surface area contributed by atoms with Crippen LogP contribution in [0.1, 0.15) is 26.3 Å². The summed E-state index contributed by atoms with van der Waals surface area (Å²) >= 11 is 3.45. The van der Waals surface area contributed by atoms with Crippen LogP contribution in [0.2, 0.25) is 0 Å². The summed E-state index contributed by atoms with van der Waals surface area (Å²) in [6.07, 6.45) is 0. The molecular formula is C13H20BrN3. The van der Waals surface area contributed by atoms with Crippen molar-refractivity contribution in [2.24, 2.45) is 11.7 Å². The van der Waals surface area contributed by atoms with Crippen LogP contribution in [0, 0.1) is 11.3 Å². The second-order valence-electron chi connectivity index (χ2n) is 4.67. The third-order valence-corrected chi connectivity index (χ3v) is 3.88. The van der Waals surface area contributed by atoms with Crippen LogP contribution >= 0.6 is 15.9 Å². The lowest BCUT2D eigenvalue weighted by molar-refractivity contribution is 0.505. The molecule has 0 saturated carbocycles. The molecule has 3 nitrogen and oxygen atoms in total. The predicted molar refractivity (Wildman–Crippen MR) is 77.9 cm³/mol. The van der Waals surface area contributed by atoms with Crippen LogP contribution in [0.25, 0.3) is 0 Å². The van der Waals surface area contributed by atoms with E-state index in [9.17, 15) is 0 Å². The van der Waals surface area contributed by atoms with Crippen molar-refractivity contribution in [2.75, 3.05) is 11.9 Å². The number of nitrogen functional groups attached to an aromatic ring is 1. The van der Waals surface area contributed by atoms with E-state index in [0.29, 0.717) is 12.0 Å². The zero-order valence-electron chi connectivity index (χ0n) is 10.8. The van der Waals surface area contributed by atoms with Crippen LogP contribution in [-0.4, -0.2) is 18.9 Å². The Labute approximate surface area is 112 Å². The van der Waals surface area contributed by atoms with E-state index in [2.05, 4.69) is 48.6 Å². The van der Waals surface area contributed by atoms with Crippen LogP contribution in [0.4, 0.5) is 5.69 Å². The summed E-state index contributed by atoms with van der Waals surface area (Å²) in [5.74, 6) is 0.675. The van der Waals surface area contributed by atoms with E-state index in [1.54, 1.807) is 0 Å². The maximum Gasteiger partial charge on any atom is 0.123 e. The van der Waals surface area contributed by atoms with Crippen LogP contribution in [0.5, 0.6) is 0 Å². The maximum atomic E-state index is 7.44. The van der Waals surface area contributed by atoms with Gasteiger partial charge in [0.15, 0.2) is 0 Å². The molecule has 0 radical (unpaired) electrons. The average molecular weight is 298 g/mol. The van der Waals surface area contributed by atoms with Crippen molar-refractivity contribution in [3.8, 4) is 0 Å². The Hall–Kier alpha value is -1.03. The van der Waals surface area contributed by atoms with E-state index in [4.69, 9.17) is 11.1 Å². The molecule has 0 amide bonds. The van der Waals surface area contributed by atoms with Crippen molar-refractivity contribution >= 4 is 27.5 Å². The number of hydrogen-bond acceptors (Lipinski definition) is 2. The zero-order valence-corrected chi connectivity index (χ0v) is 12.4. The number of nitrogens with one attached hydrogen (secondary N) is 1. The Balaban J connectivity index is 3.01. The standard InChI is InChI=1S/C13H20BrN3/c1-8(2)9(3)17(4)10-5-6-11(13(15)16)12(14)7-10/h5-9H,1-4H3,(H3,15,16). The molecule has 0 fully saturated rings. The van der Waals surface area contributed by atoms with Gasteiger partial charge in [0, 0.05) is 28.8 Å². The largest absolute Gasteiger partial charge is 0.384 e. The van der Waals surface area contributed by atoms with Crippen LogP contribution in [0.15, 0.2) is 22.7 Å². The minimum Gasteiger partial charge on any atom is -0.384 e. The molecule has 1 unspecified atom stereocenters. The molecule has 0 bridgehead atoms. The predicted octanol–water partition coefficient (Wildman–Crippen LogP) is 3.21. The van der Waals surface area contributed by atoms with E-state index >= 15 is 0 Å². The van der Waals surface area contributed by atoms with Crippen molar-refractivity contribution < 1.29 is 0 Å². The molecular weight excluding hydrogens is 278 g/mol. The SMILES string of the molecule is CC(C)C(C)N(C)c1ccc(C(=N)N)c(Br)c1. The van der Waals surface area contributed by atoms with Crippen LogP contribution in [-0.2, 0) is 0 Å². The van der Waals surface area contributed by atoms with Crippen molar-refractivity contribution in [3.63, 3.8) is 0 Å². The second kappa shape index (κ2) is 5.54. The van der Waals surface area contributed by atoms with Gasteiger partial charge >= 0.3 is 0 Å². The molecule has 1 aromatic carbocycles. The van der Waals surface area contributed by atoms with Gasteiger partial charge < -0.3 is 10.6 Å². The number of amidine groups is 1. The zero-order chi connectivity index (χ0) is 13.2. The van der Waals surface area contributed by atoms with Gasteiger partial charge in [-0.3, -0.25) is 5.41 Å². The molecule has 94 valence electrons. The number of nitrogens with two attached hydrogens (primary N) is 1. The molecule has 0 aliphatic rings. The molecule has 3 N–H and O–H groups in total. The fourth-order valence-electron chi connectivity index (χ4n) is 1.62. The smallest absolute Gasteiger partial charge is 0.123 e. The minimum absolute atomic E-state index is 0.0861. The maximum absolute atomic E-state index is 7.44. The number of benzene rings is 1. The number of hydrogen-bond donors (Lipinski definition) is 2. The van der Waals surface area contributed by atoms with E-state index in [0.717, 1.165) is 15.7 Å². The molecule has 0 aliphatic heterocycles. The quantitative estimate of drug-likeness (QED) is 0.662. The molecule has 0 saturated heterocycles. The summed E-state index contributed by atoms with van der Waals surface area (Å²) in [7, 11) is 2.08. The highest BCUT2D eigenvalue weighted by atomic mass is 79.9. The molecule has 17 heavy (non-hydrogen) atoms. The van der Waals surface area contributed by atoms with Crippen molar-refractivity contribution in [1.29, 1.82) is 5.41 Å². The molecule has 0 spiro atoms. The fourth-order valence-corrected chi connectivity index (χ4v) is 2.20. The van der Waals surface area contributed by atoms with Gasteiger partial charge in [0.05, 0.1) is 0 Å². The summed E-state index contributed by atoms with van der Waals surface area (Å²) in [6.45, 7) is 6.62. The first-order chi connectivity index (χ1) is 7.84. The molecule has 1 rings (SSSR count). The normalized spacial score (nSPS) is 12.6. The number of nitrogens with zero attached hydrogens (tertiary/aromatic N) is 1. The average Bonchev–Trinajstić information content (AvgIpc) is 2.26. The summed E-state index contributed by atoms with van der Waals surface area (Å²) in [5.41, 5.74) is 7.35. The van der Waals surface area contributed by atoms with Crippen LogP contribution in [0.3, 0.4) is 0 Å². The number of rotatable bonds is 4. The minimum atomic E-state index is 0.0861. The number of anilines is 1. The van der Waals surface area contributed by atoms with E-state index in [1.807, 2.05) is 18.2 Å². The van der Waals surface area contributed by atoms with Gasteiger partial charge in [0.2, 0.25) is 0 Å². The van der Waals surface area contributed by atoms with Gasteiger partial charge in [-0.15, -0.1) is 0 Å². The summed E-state index contributed by atoms with van der Waals surface area (Å²) in [5, 5.41) is 7.44. The van der Waals surface area contributed by atoms with Crippen molar-refractivity contribution in [1.82, 2.24) is 0 Å². The first-order valence-corrected chi connectivity index (χ1v) is 6.50. The monoisotopic (exact) mass is 297 g/mol. The molecule has 1 atom stereocenters. The number of halogens is 1. The third kappa shape index (κ3) is 3.22. The van der Waals surface area contributed by atoms with Gasteiger partial charge in [-0.05, 0) is 47.0 Å². The lowest BCUT2D eigenvalue weighted by atomic mass is 10.0. The molecule has 4 heteroatoms. The summed E-state index contributed by atoms with van der Waals surface area (Å²) in [4.78, 5) is 2.24. The first kappa shape index (κ1) is 14.0. The third-order valence-electron chi connectivity index (χ3n) is 3.23. The van der Waals surface area contributed by atoms with E-state index < -0.39 is 0 Å². The Morgan fingerprint density at radius 2 is 1.94 bits per heavy atom. The topological polar surface area (TPSA) is 53.1 Å².